The number of fused-ring (bicyclic) bond motifs is 1. The predicted octanol–water partition coefficient (Wildman–Crippen LogP) is 6.04. The molecule has 5 nitrogen and oxygen atoms in total. The second-order valence-corrected chi connectivity index (χ2v) is 7.97. The number of aryl methyl sites for hydroxylation is 2. The van der Waals surface area contributed by atoms with E-state index in [1.54, 1.807) is 18.2 Å². The van der Waals surface area contributed by atoms with E-state index >= 15 is 0 Å². The molecule has 0 fully saturated rings. The molecule has 0 aliphatic carbocycles. The Morgan fingerprint density at radius 1 is 0.969 bits per heavy atom. The quantitative estimate of drug-likeness (QED) is 0.394. The molecular weight excluding hydrogens is 402 g/mol. The lowest BCUT2D eigenvalue weighted by atomic mass is 10.00. The van der Waals surface area contributed by atoms with Crippen LogP contribution in [0, 0.1) is 13.8 Å². The molecule has 162 valence electrons. The van der Waals surface area contributed by atoms with Crippen LogP contribution in [0.3, 0.4) is 0 Å². The lowest BCUT2D eigenvalue weighted by Gasteiger charge is -2.19. The summed E-state index contributed by atoms with van der Waals surface area (Å²) < 4.78 is 11.2. The summed E-state index contributed by atoms with van der Waals surface area (Å²) in [5.74, 6) is 0.109. The van der Waals surface area contributed by atoms with Crippen molar-refractivity contribution in [1.29, 1.82) is 0 Å². The van der Waals surface area contributed by atoms with Crippen molar-refractivity contribution in [2.45, 2.75) is 26.8 Å². The Balaban J connectivity index is 1.82. The number of esters is 1. The molecule has 0 spiro atoms. The Morgan fingerprint density at radius 2 is 1.69 bits per heavy atom. The van der Waals surface area contributed by atoms with Crippen molar-refractivity contribution in [3.63, 3.8) is 0 Å². The molecule has 0 saturated carbocycles. The van der Waals surface area contributed by atoms with Gasteiger partial charge < -0.3 is 14.5 Å². The molecule has 4 rings (SSSR count). The summed E-state index contributed by atoms with van der Waals surface area (Å²) in [6.07, 6.45) is 0. The zero-order chi connectivity index (χ0) is 22.8. The number of benzene rings is 3. The minimum Gasteiger partial charge on any atom is -0.465 e. The van der Waals surface area contributed by atoms with E-state index in [-0.39, 0.29) is 11.5 Å². The highest BCUT2D eigenvalue weighted by molar-refractivity contribution is 5.95. The van der Waals surface area contributed by atoms with Crippen LogP contribution in [0.25, 0.3) is 22.3 Å². The van der Waals surface area contributed by atoms with Gasteiger partial charge in [0.1, 0.15) is 11.3 Å². The molecule has 0 radical (unpaired) electrons. The fourth-order valence-electron chi connectivity index (χ4n) is 3.82. The van der Waals surface area contributed by atoms with Crippen LogP contribution in [-0.2, 0) is 4.74 Å². The molecule has 1 aromatic heterocycles. The molecule has 0 aliphatic rings. The first-order valence-electron chi connectivity index (χ1n) is 10.5. The Kier molecular flexibility index (Phi) is 5.82. The third-order valence-electron chi connectivity index (χ3n) is 5.51. The highest BCUT2D eigenvalue weighted by Crippen LogP contribution is 2.31. The van der Waals surface area contributed by atoms with Crippen LogP contribution in [0.15, 0.2) is 75.9 Å². The number of hydrogen-bond donors (Lipinski definition) is 1. The molecule has 0 aliphatic heterocycles. The zero-order valence-corrected chi connectivity index (χ0v) is 18.6. The molecule has 0 saturated heterocycles. The number of rotatable bonds is 5. The van der Waals surface area contributed by atoms with Gasteiger partial charge >= 0.3 is 5.97 Å². The number of ether oxygens (including phenoxy) is 1. The van der Waals surface area contributed by atoms with E-state index in [1.165, 1.54) is 7.11 Å². The Hall–Kier alpha value is -3.86. The third-order valence-corrected chi connectivity index (χ3v) is 5.51. The van der Waals surface area contributed by atoms with Gasteiger partial charge in [-0.1, -0.05) is 48.0 Å². The van der Waals surface area contributed by atoms with Gasteiger partial charge in [0.2, 0.25) is 0 Å². The summed E-state index contributed by atoms with van der Waals surface area (Å²) in [5, 5.41) is 3.92. The second kappa shape index (κ2) is 8.71. The van der Waals surface area contributed by atoms with Gasteiger partial charge in [-0.2, -0.15) is 0 Å². The summed E-state index contributed by atoms with van der Waals surface area (Å²) >= 11 is 0. The number of carbonyl (C=O) groups is 1. The zero-order valence-electron chi connectivity index (χ0n) is 18.6. The third kappa shape index (κ3) is 4.14. The van der Waals surface area contributed by atoms with E-state index in [2.05, 4.69) is 5.32 Å². The molecule has 1 atom stereocenters. The van der Waals surface area contributed by atoms with Gasteiger partial charge in [-0.15, -0.1) is 0 Å². The first kappa shape index (κ1) is 21.4. The van der Waals surface area contributed by atoms with Crippen LogP contribution >= 0.6 is 0 Å². The molecule has 1 N–H and O–H groups in total. The van der Waals surface area contributed by atoms with Crippen LogP contribution < -0.4 is 10.7 Å². The molecule has 1 unspecified atom stereocenters. The molecular formula is C27H25NO4. The maximum absolute atomic E-state index is 13.0. The van der Waals surface area contributed by atoms with Gasteiger partial charge in [0.25, 0.3) is 0 Å². The lowest BCUT2D eigenvalue weighted by molar-refractivity contribution is 0.0602. The highest BCUT2D eigenvalue weighted by Gasteiger charge is 2.18. The second-order valence-electron chi connectivity index (χ2n) is 7.97. The van der Waals surface area contributed by atoms with Crippen molar-refractivity contribution in [2.24, 2.45) is 0 Å². The average molecular weight is 428 g/mol. The largest absolute Gasteiger partial charge is 0.465 e. The van der Waals surface area contributed by atoms with Crippen molar-refractivity contribution < 1.29 is 13.9 Å². The van der Waals surface area contributed by atoms with Crippen molar-refractivity contribution in [2.75, 3.05) is 12.4 Å². The fraction of sp³-hybridized carbons (Fsp3) is 0.185. The first-order valence-corrected chi connectivity index (χ1v) is 10.5. The first-order chi connectivity index (χ1) is 15.4. The van der Waals surface area contributed by atoms with Crippen LogP contribution in [0.5, 0.6) is 0 Å². The van der Waals surface area contributed by atoms with E-state index in [1.807, 2.05) is 69.3 Å². The SMILES string of the molecule is COC(=O)c1ccccc1NC(C)c1cc(C)cc2c(=O)cc(-c3ccc(C)cc3)oc12. The maximum Gasteiger partial charge on any atom is 0.339 e. The number of methoxy groups -OCH3 is 1. The lowest BCUT2D eigenvalue weighted by Crippen LogP contribution is -2.13. The predicted molar refractivity (Wildman–Crippen MR) is 127 cm³/mol. The van der Waals surface area contributed by atoms with Gasteiger partial charge in [0.05, 0.1) is 24.1 Å². The summed E-state index contributed by atoms with van der Waals surface area (Å²) in [4.78, 5) is 25.1. The van der Waals surface area contributed by atoms with E-state index in [4.69, 9.17) is 9.15 Å². The number of anilines is 1. The van der Waals surface area contributed by atoms with E-state index in [0.29, 0.717) is 28.0 Å². The van der Waals surface area contributed by atoms with Gasteiger partial charge in [0.15, 0.2) is 5.43 Å². The molecule has 32 heavy (non-hydrogen) atoms. The maximum atomic E-state index is 13.0. The van der Waals surface area contributed by atoms with E-state index in [9.17, 15) is 9.59 Å². The van der Waals surface area contributed by atoms with Gasteiger partial charge in [-0.05, 0) is 44.5 Å². The minimum absolute atomic E-state index is 0.0889. The van der Waals surface area contributed by atoms with Crippen LogP contribution in [0.1, 0.15) is 40.0 Å². The smallest absolute Gasteiger partial charge is 0.339 e. The fourth-order valence-corrected chi connectivity index (χ4v) is 3.82. The van der Waals surface area contributed by atoms with Gasteiger partial charge in [0, 0.05) is 22.9 Å². The monoisotopic (exact) mass is 427 g/mol. The summed E-state index contributed by atoms with van der Waals surface area (Å²) in [7, 11) is 1.36. The summed E-state index contributed by atoms with van der Waals surface area (Å²) in [5.41, 5.74) is 5.32. The summed E-state index contributed by atoms with van der Waals surface area (Å²) in [6.45, 7) is 5.94. The molecule has 0 bridgehead atoms. The summed E-state index contributed by atoms with van der Waals surface area (Å²) in [6, 6.07) is 20.2. The molecule has 5 heteroatoms. The molecule has 4 aromatic rings. The van der Waals surface area contributed by atoms with Gasteiger partial charge in [-0.3, -0.25) is 4.79 Å². The van der Waals surface area contributed by atoms with E-state index < -0.39 is 5.97 Å². The number of hydrogen-bond acceptors (Lipinski definition) is 5. The van der Waals surface area contributed by atoms with Crippen LogP contribution in [-0.4, -0.2) is 13.1 Å². The van der Waals surface area contributed by atoms with Crippen molar-refractivity contribution in [1.82, 2.24) is 0 Å². The molecule has 1 heterocycles. The average Bonchev–Trinajstić information content (AvgIpc) is 2.79. The van der Waals surface area contributed by atoms with Crippen LogP contribution in [0.4, 0.5) is 5.69 Å². The molecule has 0 amide bonds. The topological polar surface area (TPSA) is 68.5 Å². The number of carbonyl (C=O) groups excluding carboxylic acids is 1. The Morgan fingerprint density at radius 3 is 2.41 bits per heavy atom. The highest BCUT2D eigenvalue weighted by atomic mass is 16.5. The van der Waals surface area contributed by atoms with Gasteiger partial charge in [-0.25, -0.2) is 4.79 Å². The number of nitrogens with one attached hydrogen (secondary N) is 1. The number of para-hydroxylation sites is 1. The van der Waals surface area contributed by atoms with Crippen LogP contribution in [0.2, 0.25) is 0 Å². The van der Waals surface area contributed by atoms with Crippen molar-refractivity contribution in [3.8, 4) is 11.3 Å². The van der Waals surface area contributed by atoms with E-state index in [0.717, 1.165) is 22.3 Å². The van der Waals surface area contributed by atoms with Crippen molar-refractivity contribution >= 4 is 22.6 Å². The Bertz CT molecular complexity index is 1350. The normalized spacial score (nSPS) is 11.9. The Labute approximate surface area is 186 Å². The molecule has 3 aromatic carbocycles. The minimum atomic E-state index is -0.414. The standard InChI is InChI=1S/C27H25NO4/c1-16-9-11-19(12-10-16)25-15-24(29)22-14-17(2)13-21(26(22)32-25)18(3)28-23-8-6-5-7-20(23)27(30)31-4/h5-15,18,28H,1-4H3. The van der Waals surface area contributed by atoms with Crippen molar-refractivity contribution in [3.05, 3.63) is 99.2 Å².